The number of nitrogens with one attached hydrogen (secondary N) is 1. The van der Waals surface area contributed by atoms with Gasteiger partial charge in [0.15, 0.2) is 0 Å². The van der Waals surface area contributed by atoms with Crippen LogP contribution in [0.3, 0.4) is 0 Å². The highest BCUT2D eigenvalue weighted by molar-refractivity contribution is 8.00. The van der Waals surface area contributed by atoms with E-state index in [1.807, 2.05) is 103 Å². The van der Waals surface area contributed by atoms with Crippen LogP contribution in [-0.2, 0) is 16.0 Å². The zero-order valence-corrected chi connectivity index (χ0v) is 19.1. The van der Waals surface area contributed by atoms with Crippen LogP contribution in [-0.4, -0.2) is 31.7 Å². The van der Waals surface area contributed by atoms with Crippen LogP contribution in [0.4, 0.5) is 17.1 Å². The molecule has 6 heteroatoms. The van der Waals surface area contributed by atoms with Crippen molar-refractivity contribution < 1.29 is 9.59 Å². The molecule has 164 valence electrons. The van der Waals surface area contributed by atoms with Crippen LogP contribution < -0.4 is 15.1 Å². The van der Waals surface area contributed by atoms with Gasteiger partial charge in [0.05, 0.1) is 5.75 Å². The molecule has 1 atom stereocenters. The van der Waals surface area contributed by atoms with Gasteiger partial charge in [-0.2, -0.15) is 0 Å². The van der Waals surface area contributed by atoms with Crippen LogP contribution in [0.1, 0.15) is 22.9 Å². The summed E-state index contributed by atoms with van der Waals surface area (Å²) in [4.78, 5) is 28.8. The van der Waals surface area contributed by atoms with E-state index in [-0.39, 0.29) is 17.2 Å². The molecule has 32 heavy (non-hydrogen) atoms. The summed E-state index contributed by atoms with van der Waals surface area (Å²) in [6, 6.07) is 25.8. The number of anilines is 3. The number of hydrogen-bond donors (Lipinski definition) is 1. The van der Waals surface area contributed by atoms with Crippen molar-refractivity contribution in [1.82, 2.24) is 0 Å². The number of benzene rings is 3. The second kappa shape index (κ2) is 9.92. The number of amides is 2. The van der Waals surface area contributed by atoms with Gasteiger partial charge in [-0.15, -0.1) is 11.8 Å². The molecule has 0 radical (unpaired) electrons. The van der Waals surface area contributed by atoms with E-state index in [0.29, 0.717) is 18.6 Å². The minimum atomic E-state index is -0.0736. The predicted octanol–water partition coefficient (Wildman–Crippen LogP) is 5.10. The molecule has 1 saturated heterocycles. The normalized spacial score (nSPS) is 15.6. The van der Waals surface area contributed by atoms with Crippen LogP contribution in [0.25, 0.3) is 0 Å². The number of rotatable bonds is 7. The maximum Gasteiger partial charge on any atom is 0.238 e. The first kappa shape index (κ1) is 22.0. The molecule has 3 aromatic carbocycles. The van der Waals surface area contributed by atoms with Gasteiger partial charge in [0.1, 0.15) is 5.37 Å². The molecule has 1 aliphatic heterocycles. The molecule has 3 aromatic rings. The quantitative estimate of drug-likeness (QED) is 0.550. The highest BCUT2D eigenvalue weighted by atomic mass is 32.2. The van der Waals surface area contributed by atoms with Gasteiger partial charge in [-0.3, -0.25) is 14.5 Å². The average molecular weight is 446 g/mol. The fraction of sp³-hybridized carbons (Fsp3) is 0.231. The molecule has 2 amide bonds. The standard InChI is InChI=1S/C26H27N3O2S/c1-28(2)22-13-15-23(16-14-22)29-25(31)18-32-26(29)20-9-11-21(12-10-20)27-24(30)17-8-19-6-4-3-5-7-19/h3-7,9-16,26H,8,17-18H2,1-2H3,(H,27,30). The van der Waals surface area contributed by atoms with Crippen molar-refractivity contribution in [3.63, 3.8) is 0 Å². The Balaban J connectivity index is 1.41. The smallest absolute Gasteiger partial charge is 0.238 e. The van der Waals surface area contributed by atoms with E-state index >= 15 is 0 Å². The third kappa shape index (κ3) is 5.14. The Morgan fingerprint density at radius 3 is 2.34 bits per heavy atom. The number of thioether (sulfide) groups is 1. The molecule has 0 spiro atoms. The summed E-state index contributed by atoms with van der Waals surface area (Å²) in [5, 5.41) is 2.89. The van der Waals surface area contributed by atoms with Crippen molar-refractivity contribution in [2.75, 3.05) is 35.0 Å². The minimum Gasteiger partial charge on any atom is -0.378 e. The second-order valence-electron chi connectivity index (χ2n) is 7.99. The van der Waals surface area contributed by atoms with Gasteiger partial charge in [0.25, 0.3) is 0 Å². The predicted molar refractivity (Wildman–Crippen MR) is 133 cm³/mol. The van der Waals surface area contributed by atoms with Gasteiger partial charge >= 0.3 is 0 Å². The lowest BCUT2D eigenvalue weighted by molar-refractivity contribution is -0.116. The Morgan fingerprint density at radius 1 is 1.00 bits per heavy atom. The molecule has 0 saturated carbocycles. The second-order valence-corrected chi connectivity index (χ2v) is 9.06. The molecule has 0 aliphatic carbocycles. The first-order chi connectivity index (χ1) is 15.5. The minimum absolute atomic E-state index is 0.00497. The first-order valence-electron chi connectivity index (χ1n) is 10.7. The average Bonchev–Trinajstić information content (AvgIpc) is 3.20. The van der Waals surface area contributed by atoms with E-state index < -0.39 is 0 Å². The Hall–Kier alpha value is -3.25. The van der Waals surface area contributed by atoms with E-state index in [4.69, 9.17) is 0 Å². The maximum atomic E-state index is 12.6. The Kier molecular flexibility index (Phi) is 6.81. The molecule has 0 aromatic heterocycles. The summed E-state index contributed by atoms with van der Waals surface area (Å²) >= 11 is 1.62. The Morgan fingerprint density at radius 2 is 1.69 bits per heavy atom. The van der Waals surface area contributed by atoms with Gasteiger partial charge in [0, 0.05) is 37.6 Å². The molecule has 0 bridgehead atoms. The summed E-state index contributed by atoms with van der Waals surface area (Å²) in [7, 11) is 3.99. The highest BCUT2D eigenvalue weighted by Crippen LogP contribution is 2.42. The SMILES string of the molecule is CN(C)c1ccc(N2C(=O)CSC2c2ccc(NC(=O)CCc3ccccc3)cc2)cc1. The largest absolute Gasteiger partial charge is 0.378 e. The number of carbonyl (C=O) groups is 2. The number of nitrogens with zero attached hydrogens (tertiary/aromatic N) is 2. The topological polar surface area (TPSA) is 52.6 Å². The number of hydrogen-bond acceptors (Lipinski definition) is 4. The summed E-state index contributed by atoms with van der Waals surface area (Å²) < 4.78 is 0. The van der Waals surface area contributed by atoms with Gasteiger partial charge in [0.2, 0.25) is 11.8 Å². The van der Waals surface area contributed by atoms with E-state index in [0.717, 1.165) is 28.2 Å². The lowest BCUT2D eigenvalue weighted by Gasteiger charge is -2.25. The zero-order valence-electron chi connectivity index (χ0n) is 18.3. The lowest BCUT2D eigenvalue weighted by atomic mass is 10.1. The monoisotopic (exact) mass is 445 g/mol. The van der Waals surface area contributed by atoms with Crippen molar-refractivity contribution in [3.8, 4) is 0 Å². The van der Waals surface area contributed by atoms with Crippen LogP contribution in [0.15, 0.2) is 78.9 Å². The Bertz CT molecular complexity index is 1070. The van der Waals surface area contributed by atoms with Crippen LogP contribution in [0, 0.1) is 0 Å². The molecule has 1 unspecified atom stereocenters. The third-order valence-electron chi connectivity index (χ3n) is 5.48. The number of aryl methyl sites for hydroxylation is 1. The van der Waals surface area contributed by atoms with E-state index in [9.17, 15) is 9.59 Å². The van der Waals surface area contributed by atoms with E-state index in [2.05, 4.69) is 5.32 Å². The molecule has 1 heterocycles. The molecular formula is C26H27N3O2S. The zero-order chi connectivity index (χ0) is 22.5. The van der Waals surface area contributed by atoms with Crippen LogP contribution >= 0.6 is 11.8 Å². The molecule has 1 fully saturated rings. The summed E-state index contributed by atoms with van der Waals surface area (Å²) in [5.41, 5.74) is 4.95. The van der Waals surface area contributed by atoms with E-state index in [1.165, 1.54) is 0 Å². The maximum absolute atomic E-state index is 12.6. The van der Waals surface area contributed by atoms with Gasteiger partial charge in [-0.25, -0.2) is 0 Å². The number of carbonyl (C=O) groups excluding carboxylic acids is 2. The van der Waals surface area contributed by atoms with Gasteiger partial charge < -0.3 is 10.2 Å². The highest BCUT2D eigenvalue weighted by Gasteiger charge is 2.34. The molecule has 5 nitrogen and oxygen atoms in total. The third-order valence-corrected chi connectivity index (χ3v) is 6.69. The van der Waals surface area contributed by atoms with Crippen molar-refractivity contribution in [2.24, 2.45) is 0 Å². The van der Waals surface area contributed by atoms with E-state index in [1.54, 1.807) is 11.8 Å². The van der Waals surface area contributed by atoms with Crippen molar-refractivity contribution in [1.29, 1.82) is 0 Å². The molecule has 4 rings (SSSR count). The summed E-state index contributed by atoms with van der Waals surface area (Å²) in [5.74, 6) is 0.559. The summed E-state index contributed by atoms with van der Waals surface area (Å²) in [6.07, 6.45) is 1.16. The fourth-order valence-corrected chi connectivity index (χ4v) is 4.90. The van der Waals surface area contributed by atoms with Crippen molar-refractivity contribution in [3.05, 3.63) is 90.0 Å². The lowest BCUT2D eigenvalue weighted by Crippen LogP contribution is -2.27. The first-order valence-corrected chi connectivity index (χ1v) is 11.7. The van der Waals surface area contributed by atoms with Crippen LogP contribution in [0.2, 0.25) is 0 Å². The van der Waals surface area contributed by atoms with Crippen molar-refractivity contribution in [2.45, 2.75) is 18.2 Å². The molecule has 1 N–H and O–H groups in total. The fourth-order valence-electron chi connectivity index (χ4n) is 3.72. The van der Waals surface area contributed by atoms with Crippen molar-refractivity contribution >= 4 is 40.6 Å². The molecule has 1 aliphatic rings. The van der Waals surface area contributed by atoms with Crippen LogP contribution in [0.5, 0.6) is 0 Å². The Labute approximate surface area is 193 Å². The van der Waals surface area contributed by atoms with Gasteiger partial charge in [-0.05, 0) is 53.9 Å². The van der Waals surface area contributed by atoms with Gasteiger partial charge in [-0.1, -0.05) is 42.5 Å². The molecular weight excluding hydrogens is 418 g/mol. The summed E-state index contributed by atoms with van der Waals surface area (Å²) in [6.45, 7) is 0.